The predicted molar refractivity (Wildman–Crippen MR) is 167 cm³/mol. The molecular weight excluding hydrogens is 688 g/mol. The van der Waals surface area contributed by atoms with Gasteiger partial charge in [-0.15, -0.1) is 0 Å². The molecule has 4 heterocycles. The van der Waals surface area contributed by atoms with Crippen LogP contribution in [0, 0.1) is 11.8 Å². The maximum absolute atomic E-state index is 12.9. The van der Waals surface area contributed by atoms with Gasteiger partial charge in [-0.25, -0.2) is 19.2 Å². The second-order valence-corrected chi connectivity index (χ2v) is 12.9. The Balaban J connectivity index is 1.11. The van der Waals surface area contributed by atoms with Gasteiger partial charge in [0, 0.05) is 65.0 Å². The lowest BCUT2D eigenvalue weighted by Gasteiger charge is -2.53. The summed E-state index contributed by atoms with van der Waals surface area (Å²) in [6, 6.07) is 0. The first-order chi connectivity index (χ1) is 24.5. The topological polar surface area (TPSA) is 222 Å². The molecule has 16 nitrogen and oxygen atoms in total. The van der Waals surface area contributed by atoms with Crippen molar-refractivity contribution >= 4 is 35.8 Å². The molecule has 280 valence electrons. The van der Waals surface area contributed by atoms with Crippen LogP contribution < -0.4 is 10.2 Å². The molecule has 16 heteroatoms. The normalized spacial score (nSPS) is 37.0. The molecule has 0 aromatic carbocycles. The Morgan fingerprint density at radius 1 is 0.538 bits per heavy atom. The minimum atomic E-state index is -1.85. The van der Waals surface area contributed by atoms with Crippen molar-refractivity contribution in [3.63, 3.8) is 0 Å². The molecule has 0 aromatic rings. The van der Waals surface area contributed by atoms with Crippen LogP contribution in [-0.4, -0.2) is 71.5 Å². The molecule has 0 N–H and O–H groups in total. The molecule has 4 atom stereocenters. The smallest absolute Gasteiger partial charge is 0.348 e. The summed E-state index contributed by atoms with van der Waals surface area (Å²) in [6.07, 6.45) is 9.51. The third-order valence-electron chi connectivity index (χ3n) is 9.15. The van der Waals surface area contributed by atoms with E-state index in [2.05, 4.69) is 0 Å². The third-order valence-corrected chi connectivity index (χ3v) is 9.15. The SMILES string of the molecule is CCC1(C)OC(=O)C(=C/C=C/C=C/C2C(=O)OC3(CCC4(CC3)OC(=O)C(/C=C/C=C/C=C3C(=O)OC(C)(CC)OC3=O)C([O-])O4)OC2[O-])C(=O)O1. The molecule has 1 saturated carbocycles. The lowest BCUT2D eigenvalue weighted by Crippen LogP contribution is -2.62. The predicted octanol–water partition coefficient (Wildman–Crippen LogP) is 1.24. The van der Waals surface area contributed by atoms with E-state index in [1.807, 2.05) is 0 Å². The van der Waals surface area contributed by atoms with Crippen molar-refractivity contribution in [1.82, 2.24) is 0 Å². The van der Waals surface area contributed by atoms with Crippen LogP contribution >= 0.6 is 0 Å². The van der Waals surface area contributed by atoms with Gasteiger partial charge in [0.25, 0.3) is 11.6 Å². The number of carbonyl (C=O) groups is 6. The van der Waals surface area contributed by atoms with Crippen molar-refractivity contribution in [2.45, 2.75) is 102 Å². The van der Waals surface area contributed by atoms with Crippen molar-refractivity contribution < 1.29 is 76.9 Å². The van der Waals surface area contributed by atoms with Gasteiger partial charge < -0.3 is 48.1 Å². The van der Waals surface area contributed by atoms with Crippen LogP contribution in [-0.2, 0) is 66.7 Å². The Morgan fingerprint density at radius 3 is 1.15 bits per heavy atom. The third kappa shape index (κ3) is 8.25. The van der Waals surface area contributed by atoms with Gasteiger partial charge in [0.05, 0.1) is 11.8 Å². The highest BCUT2D eigenvalue weighted by Gasteiger charge is 2.54. The molecule has 2 spiro atoms. The van der Waals surface area contributed by atoms with E-state index >= 15 is 0 Å². The molecular formula is C36H38O16-2. The number of esters is 6. The molecule has 4 saturated heterocycles. The van der Waals surface area contributed by atoms with Crippen molar-refractivity contribution in [2.75, 3.05) is 0 Å². The maximum Gasteiger partial charge on any atom is 0.348 e. The number of cyclic esters (lactones) is 4. The van der Waals surface area contributed by atoms with Gasteiger partial charge in [-0.05, 0) is 12.2 Å². The van der Waals surface area contributed by atoms with Crippen molar-refractivity contribution in [3.8, 4) is 0 Å². The van der Waals surface area contributed by atoms with Crippen LogP contribution in [0.15, 0.2) is 71.9 Å². The summed E-state index contributed by atoms with van der Waals surface area (Å²) < 4.78 is 42.9. The molecule has 5 aliphatic rings. The number of ether oxygens (including phenoxy) is 8. The maximum atomic E-state index is 12.9. The fourth-order valence-electron chi connectivity index (χ4n) is 5.71. The molecule has 0 bridgehead atoms. The molecule has 0 radical (unpaired) electrons. The largest absolute Gasteiger partial charge is 0.830 e. The second-order valence-electron chi connectivity index (χ2n) is 12.9. The highest BCUT2D eigenvalue weighted by atomic mass is 16.8. The lowest BCUT2D eigenvalue weighted by atomic mass is 9.86. The summed E-state index contributed by atoms with van der Waals surface area (Å²) in [6.45, 7) is 6.34. The lowest BCUT2D eigenvalue weighted by molar-refractivity contribution is -0.551. The van der Waals surface area contributed by atoms with Crippen LogP contribution in [0.3, 0.4) is 0 Å². The minimum absolute atomic E-state index is 0.0924. The van der Waals surface area contributed by atoms with E-state index in [4.69, 9.17) is 37.9 Å². The number of hydrogen-bond acceptors (Lipinski definition) is 16. The van der Waals surface area contributed by atoms with Crippen molar-refractivity contribution in [1.29, 1.82) is 0 Å². The molecule has 0 aromatic heterocycles. The second kappa shape index (κ2) is 15.0. The van der Waals surface area contributed by atoms with E-state index in [-0.39, 0.29) is 49.7 Å². The molecule has 5 rings (SSSR count). The van der Waals surface area contributed by atoms with Crippen LogP contribution in [0.5, 0.6) is 0 Å². The van der Waals surface area contributed by atoms with E-state index in [0.717, 1.165) is 0 Å². The number of rotatable bonds is 8. The van der Waals surface area contributed by atoms with Gasteiger partial charge in [-0.2, -0.15) is 0 Å². The highest BCUT2D eigenvalue weighted by molar-refractivity contribution is 6.16. The monoisotopic (exact) mass is 726 g/mol. The van der Waals surface area contributed by atoms with E-state index in [0.29, 0.717) is 0 Å². The first-order valence-electron chi connectivity index (χ1n) is 16.7. The van der Waals surface area contributed by atoms with E-state index in [9.17, 15) is 39.0 Å². The van der Waals surface area contributed by atoms with Crippen molar-refractivity contribution in [2.24, 2.45) is 11.8 Å². The summed E-state index contributed by atoms with van der Waals surface area (Å²) in [5.74, 6) is -13.6. The van der Waals surface area contributed by atoms with Gasteiger partial charge in [0.1, 0.15) is 11.1 Å². The van der Waals surface area contributed by atoms with E-state index < -0.39 is 83.4 Å². The minimum Gasteiger partial charge on any atom is -0.830 e. The summed E-state index contributed by atoms with van der Waals surface area (Å²) >= 11 is 0. The van der Waals surface area contributed by atoms with Crippen LogP contribution in [0.25, 0.3) is 0 Å². The van der Waals surface area contributed by atoms with Gasteiger partial charge in [0.15, 0.2) is 0 Å². The highest BCUT2D eigenvalue weighted by Crippen LogP contribution is 2.46. The number of allylic oxidation sites excluding steroid dienone is 8. The Labute approximate surface area is 298 Å². The average molecular weight is 727 g/mol. The van der Waals surface area contributed by atoms with Gasteiger partial charge >= 0.3 is 35.8 Å². The Hall–Kier alpha value is -4.90. The summed E-state index contributed by atoms with van der Waals surface area (Å²) in [5, 5.41) is 25.8. The van der Waals surface area contributed by atoms with Crippen molar-refractivity contribution in [3.05, 3.63) is 71.9 Å². The first-order valence-corrected chi connectivity index (χ1v) is 16.7. The van der Waals surface area contributed by atoms with Crippen LogP contribution in [0.1, 0.15) is 66.2 Å². The zero-order valence-corrected chi connectivity index (χ0v) is 28.9. The summed E-state index contributed by atoms with van der Waals surface area (Å²) in [5.41, 5.74) is -0.640. The summed E-state index contributed by atoms with van der Waals surface area (Å²) in [7, 11) is 0. The molecule has 1 aliphatic carbocycles. The van der Waals surface area contributed by atoms with Gasteiger partial charge in [-0.3, -0.25) is 9.59 Å². The quantitative estimate of drug-likeness (QED) is 0.113. The molecule has 4 aliphatic heterocycles. The first kappa shape index (κ1) is 38.3. The molecule has 4 unspecified atom stereocenters. The van der Waals surface area contributed by atoms with Crippen LogP contribution in [0.4, 0.5) is 0 Å². The zero-order valence-electron chi connectivity index (χ0n) is 28.9. The molecule has 52 heavy (non-hydrogen) atoms. The number of carbonyl (C=O) groups excluding carboxylic acids is 6. The fraction of sp³-hybridized carbons (Fsp3) is 0.500. The van der Waals surface area contributed by atoms with Crippen LogP contribution in [0.2, 0.25) is 0 Å². The van der Waals surface area contributed by atoms with Gasteiger partial charge in [-0.1, -0.05) is 62.5 Å². The fourth-order valence-corrected chi connectivity index (χ4v) is 5.71. The standard InChI is InChI=1S/C36H38O16/c1-5-33(3)45-25(37)21(26(38)46-33)13-9-7-11-15-23-29(41)49-35(50-30(23)42)17-19-36(20-18-35)51-31(43)24(32(44)52-36)16-12-8-10-14-22-27(39)47-34(4,6-2)48-28(22)40/h7-16,23-24,29,31H,5-6,17-20H2,1-4H3/q-2/b9-7+,10-8+,15-11+,16-12+,21-13?,22-14?. The zero-order chi connectivity index (χ0) is 37.9. The molecule has 5 fully saturated rings. The molecule has 0 amide bonds. The Kier molecular flexibility index (Phi) is 11.0. The Bertz CT molecular complexity index is 1510. The number of hydrogen-bond donors (Lipinski definition) is 0. The van der Waals surface area contributed by atoms with Gasteiger partial charge in [0.2, 0.25) is 11.6 Å². The summed E-state index contributed by atoms with van der Waals surface area (Å²) in [4.78, 5) is 74.4. The van der Waals surface area contributed by atoms with E-state index in [1.54, 1.807) is 13.8 Å². The van der Waals surface area contributed by atoms with E-state index in [1.165, 1.54) is 74.6 Å². The Morgan fingerprint density at radius 2 is 0.865 bits per heavy atom. The average Bonchev–Trinajstić information content (AvgIpc) is 3.06.